The summed E-state index contributed by atoms with van der Waals surface area (Å²) in [6, 6.07) is 18.3. The van der Waals surface area contributed by atoms with Crippen LogP contribution in [-0.2, 0) is 20.9 Å². The number of hydroxylamine groups is 1. The van der Waals surface area contributed by atoms with Gasteiger partial charge in [0, 0.05) is 12.5 Å². The molecule has 144 valence electrons. The maximum Gasteiger partial charge on any atom is 0.438 e. The minimum atomic E-state index is -1.28. The highest BCUT2D eigenvalue weighted by atomic mass is 16.6. The number of methoxy groups -OCH3 is 1. The molecule has 1 atom stereocenters. The largest absolute Gasteiger partial charge is 0.487 e. The second-order valence-corrected chi connectivity index (χ2v) is 5.79. The van der Waals surface area contributed by atoms with Gasteiger partial charge in [0.15, 0.2) is 6.10 Å². The lowest BCUT2D eigenvalue weighted by atomic mass is 10.1. The number of aromatic nitrogens is 1. The first-order chi connectivity index (χ1) is 13.6. The van der Waals surface area contributed by atoms with Crippen LogP contribution in [0.2, 0.25) is 0 Å². The van der Waals surface area contributed by atoms with Gasteiger partial charge < -0.3 is 14.2 Å². The first kappa shape index (κ1) is 19.3. The minimum absolute atomic E-state index is 0.288. The van der Waals surface area contributed by atoms with Crippen LogP contribution in [0.5, 0.6) is 5.75 Å². The van der Waals surface area contributed by atoms with E-state index in [1.165, 1.54) is 12.6 Å². The van der Waals surface area contributed by atoms with E-state index in [-0.39, 0.29) is 6.61 Å². The van der Waals surface area contributed by atoms with Gasteiger partial charge in [0.25, 0.3) is 0 Å². The van der Waals surface area contributed by atoms with Crippen LogP contribution < -0.4 is 10.2 Å². The molecule has 2 aromatic carbocycles. The van der Waals surface area contributed by atoms with Crippen molar-refractivity contribution in [3.63, 3.8) is 0 Å². The molecule has 2 N–H and O–H groups in total. The Morgan fingerprint density at radius 2 is 1.82 bits per heavy atom. The number of benzene rings is 2. The van der Waals surface area contributed by atoms with Gasteiger partial charge in [-0.25, -0.2) is 20.1 Å². The number of carbonyl (C=O) groups is 2. The summed E-state index contributed by atoms with van der Waals surface area (Å²) >= 11 is 0. The topological polar surface area (TPSA) is 107 Å². The smallest absolute Gasteiger partial charge is 0.438 e. The summed E-state index contributed by atoms with van der Waals surface area (Å²) in [5.41, 5.74) is 3.37. The lowest BCUT2D eigenvalue weighted by Crippen LogP contribution is -2.27. The Balaban J connectivity index is 1.64. The number of ether oxygens (including phenoxy) is 3. The van der Waals surface area contributed by atoms with Crippen molar-refractivity contribution in [1.29, 1.82) is 0 Å². The molecule has 1 heterocycles. The van der Waals surface area contributed by atoms with Crippen LogP contribution >= 0.6 is 0 Å². The highest BCUT2D eigenvalue weighted by Crippen LogP contribution is 2.22. The van der Waals surface area contributed by atoms with Crippen LogP contribution in [0.15, 0.2) is 60.7 Å². The van der Waals surface area contributed by atoms with Gasteiger partial charge in [-0.2, -0.15) is 0 Å². The van der Waals surface area contributed by atoms with Gasteiger partial charge in [0.1, 0.15) is 12.4 Å². The molecule has 28 heavy (non-hydrogen) atoms. The molecule has 0 aliphatic rings. The molecular formula is C20H18N2O6. The van der Waals surface area contributed by atoms with E-state index in [1.807, 2.05) is 36.4 Å². The first-order valence-corrected chi connectivity index (χ1v) is 8.36. The van der Waals surface area contributed by atoms with E-state index in [1.54, 1.807) is 24.3 Å². The maximum absolute atomic E-state index is 11.9. The van der Waals surface area contributed by atoms with Crippen LogP contribution in [0.3, 0.4) is 0 Å². The zero-order chi connectivity index (χ0) is 19.9. The van der Waals surface area contributed by atoms with Crippen LogP contribution in [0, 0.1) is 0 Å². The highest BCUT2D eigenvalue weighted by molar-refractivity contribution is 5.87. The van der Waals surface area contributed by atoms with Crippen molar-refractivity contribution < 1.29 is 29.0 Å². The van der Waals surface area contributed by atoms with Gasteiger partial charge >= 0.3 is 12.1 Å². The number of carbonyl (C=O) groups excluding carboxylic acids is 2. The van der Waals surface area contributed by atoms with E-state index in [4.69, 9.17) is 14.7 Å². The van der Waals surface area contributed by atoms with Gasteiger partial charge in [-0.1, -0.05) is 36.4 Å². The molecule has 0 bridgehead atoms. The summed E-state index contributed by atoms with van der Waals surface area (Å²) in [6.07, 6.45) is -2.40. The molecule has 3 aromatic rings. The van der Waals surface area contributed by atoms with Crippen LogP contribution in [-0.4, -0.2) is 29.4 Å². The zero-order valence-corrected chi connectivity index (χ0v) is 15.0. The van der Waals surface area contributed by atoms with E-state index < -0.39 is 18.2 Å². The van der Waals surface area contributed by atoms with Crippen molar-refractivity contribution in [2.75, 3.05) is 7.11 Å². The van der Waals surface area contributed by atoms with Crippen molar-refractivity contribution in [1.82, 2.24) is 10.5 Å². The summed E-state index contributed by atoms with van der Waals surface area (Å²) in [7, 11) is 1.30. The molecule has 0 aliphatic carbocycles. The Kier molecular flexibility index (Phi) is 6.15. The van der Waals surface area contributed by atoms with Crippen LogP contribution in [0.4, 0.5) is 4.79 Å². The number of pyridine rings is 1. The molecule has 0 saturated heterocycles. The predicted molar refractivity (Wildman–Crippen MR) is 98.7 cm³/mol. The number of esters is 1. The molecule has 1 amide bonds. The van der Waals surface area contributed by atoms with E-state index in [9.17, 15) is 9.59 Å². The van der Waals surface area contributed by atoms with Crippen molar-refractivity contribution in [3.05, 3.63) is 71.9 Å². The van der Waals surface area contributed by atoms with Gasteiger partial charge in [-0.05, 0) is 29.8 Å². The van der Waals surface area contributed by atoms with Gasteiger partial charge in [-0.15, -0.1) is 0 Å². The number of fused-ring (bicyclic) bond motifs is 1. The molecule has 3 rings (SSSR count). The molecule has 8 nitrogen and oxygen atoms in total. The number of hydrogen-bond acceptors (Lipinski definition) is 7. The summed E-state index contributed by atoms with van der Waals surface area (Å²) in [4.78, 5) is 27.4. The zero-order valence-electron chi connectivity index (χ0n) is 15.0. The predicted octanol–water partition coefficient (Wildman–Crippen LogP) is 3.14. The summed E-state index contributed by atoms with van der Waals surface area (Å²) in [5.74, 6) is -0.377. The number of para-hydroxylation sites is 1. The lowest BCUT2D eigenvalue weighted by Gasteiger charge is -2.14. The van der Waals surface area contributed by atoms with Crippen LogP contribution in [0.25, 0.3) is 10.9 Å². The molecular weight excluding hydrogens is 364 g/mol. The first-order valence-electron chi connectivity index (χ1n) is 8.36. The van der Waals surface area contributed by atoms with Crippen LogP contribution in [0.1, 0.15) is 17.4 Å². The molecule has 0 spiro atoms. The third-order valence-corrected chi connectivity index (χ3v) is 3.96. The number of amides is 1. The normalized spacial score (nSPS) is 11.6. The van der Waals surface area contributed by atoms with Gasteiger partial charge in [0.2, 0.25) is 0 Å². The Labute approximate surface area is 160 Å². The second kappa shape index (κ2) is 8.94. The average Bonchev–Trinajstić information content (AvgIpc) is 2.73. The molecule has 0 aliphatic heterocycles. The quantitative estimate of drug-likeness (QED) is 0.292. The number of hydrogen-bond donors (Lipinski definition) is 2. The number of rotatable bonds is 6. The Hall–Kier alpha value is -3.49. The fraction of sp³-hybridized carbons (Fsp3) is 0.150. The molecule has 0 fully saturated rings. The van der Waals surface area contributed by atoms with Gasteiger partial charge in [0.05, 0.1) is 11.2 Å². The average molecular weight is 382 g/mol. The van der Waals surface area contributed by atoms with Crippen molar-refractivity contribution in [2.45, 2.75) is 12.7 Å². The standard InChI is InChI=1S/C20H18N2O6/c1-26-18(19(23)28-20(24)22-25)14-7-10-16(11-8-14)27-12-15-9-6-13-4-2-3-5-17(13)21-15/h2-11,18,25H,12H2,1H3,(H,22,24). The molecule has 1 unspecified atom stereocenters. The van der Waals surface area contributed by atoms with E-state index in [2.05, 4.69) is 9.72 Å². The van der Waals surface area contributed by atoms with Crippen molar-refractivity contribution >= 4 is 23.0 Å². The van der Waals surface area contributed by atoms with Crippen molar-refractivity contribution in [2.24, 2.45) is 0 Å². The molecule has 0 saturated carbocycles. The third-order valence-electron chi connectivity index (χ3n) is 3.96. The molecule has 0 radical (unpaired) electrons. The summed E-state index contributed by atoms with van der Waals surface area (Å²) in [6.45, 7) is 0.288. The van der Waals surface area contributed by atoms with E-state index in [0.717, 1.165) is 16.6 Å². The van der Waals surface area contributed by atoms with E-state index in [0.29, 0.717) is 11.3 Å². The second-order valence-electron chi connectivity index (χ2n) is 5.79. The maximum atomic E-state index is 11.9. The Morgan fingerprint density at radius 3 is 2.54 bits per heavy atom. The number of nitrogens with zero attached hydrogens (tertiary/aromatic N) is 1. The fourth-order valence-corrected chi connectivity index (χ4v) is 2.62. The molecule has 8 heteroatoms. The van der Waals surface area contributed by atoms with Crippen molar-refractivity contribution in [3.8, 4) is 5.75 Å². The monoisotopic (exact) mass is 382 g/mol. The lowest BCUT2D eigenvalue weighted by molar-refractivity contribution is -0.150. The van der Waals surface area contributed by atoms with Gasteiger partial charge in [-0.3, -0.25) is 5.21 Å². The van der Waals surface area contributed by atoms with E-state index >= 15 is 0 Å². The highest BCUT2D eigenvalue weighted by Gasteiger charge is 2.24. The number of nitrogens with one attached hydrogen (secondary N) is 1. The fourth-order valence-electron chi connectivity index (χ4n) is 2.62. The molecule has 1 aromatic heterocycles. The third kappa shape index (κ3) is 4.61. The summed E-state index contributed by atoms with van der Waals surface area (Å²) < 4.78 is 15.2. The Bertz CT molecular complexity index is 974. The summed E-state index contributed by atoms with van der Waals surface area (Å²) in [5, 5.41) is 9.48. The SMILES string of the molecule is COC(C(=O)OC(=O)NO)c1ccc(OCc2ccc3ccccc3n2)cc1. The minimum Gasteiger partial charge on any atom is -0.487 e. The Morgan fingerprint density at radius 1 is 1.07 bits per heavy atom.